The van der Waals surface area contributed by atoms with Gasteiger partial charge in [-0.05, 0) is 68.1 Å². The first kappa shape index (κ1) is 26.5. The second kappa shape index (κ2) is 12.6. The molecule has 3 amide bonds. The minimum Gasteiger partial charge on any atom is -0.352 e. The molecule has 0 saturated heterocycles. The van der Waals surface area contributed by atoms with Gasteiger partial charge in [-0.2, -0.15) is 0 Å². The maximum atomic E-state index is 13.2. The summed E-state index contributed by atoms with van der Waals surface area (Å²) >= 11 is 0. The highest BCUT2D eigenvalue weighted by Crippen LogP contribution is 2.23. The van der Waals surface area contributed by atoms with Crippen LogP contribution < -0.4 is 15.5 Å². The van der Waals surface area contributed by atoms with Crippen molar-refractivity contribution in [3.05, 3.63) is 59.4 Å². The maximum absolute atomic E-state index is 13.2. The molecule has 2 aromatic rings. The summed E-state index contributed by atoms with van der Waals surface area (Å²) in [6, 6.07) is 10.9. The third kappa shape index (κ3) is 8.28. The predicted octanol–water partition coefficient (Wildman–Crippen LogP) is 3.61. The summed E-state index contributed by atoms with van der Waals surface area (Å²) in [6.45, 7) is 3.56. The average molecular weight is 502 g/mol. The van der Waals surface area contributed by atoms with E-state index in [1.165, 1.54) is 35.6 Å². The molecule has 0 bridgehead atoms. The van der Waals surface area contributed by atoms with E-state index in [0.29, 0.717) is 11.4 Å². The standard InChI is InChI=1S/C26H32FN3O4S/c1-18-8-9-19(2)23(14-18)30(15-24(31)28-21-6-4-3-5-7-21)26(33)17-35(34)16-25(32)29-22-12-10-20(27)11-13-22/h8-14,21H,3-7,15-17H2,1-2H3,(H,28,31)(H,29,32)/t35-/m1/s1. The minimum atomic E-state index is -1.79. The monoisotopic (exact) mass is 501 g/mol. The Morgan fingerprint density at radius 2 is 1.66 bits per heavy atom. The van der Waals surface area contributed by atoms with Gasteiger partial charge in [0.05, 0.1) is 0 Å². The lowest BCUT2D eigenvalue weighted by Gasteiger charge is -2.27. The van der Waals surface area contributed by atoms with Gasteiger partial charge >= 0.3 is 0 Å². The molecule has 9 heteroatoms. The number of halogens is 1. The number of nitrogens with zero attached hydrogens (tertiary/aromatic N) is 1. The van der Waals surface area contributed by atoms with Gasteiger partial charge in [-0.15, -0.1) is 0 Å². The van der Waals surface area contributed by atoms with Gasteiger partial charge < -0.3 is 15.5 Å². The maximum Gasteiger partial charge on any atom is 0.240 e. The minimum absolute atomic E-state index is 0.107. The number of nitrogens with one attached hydrogen (secondary N) is 2. The van der Waals surface area contributed by atoms with E-state index >= 15 is 0 Å². The fourth-order valence-corrected chi connectivity index (χ4v) is 5.02. The quantitative estimate of drug-likeness (QED) is 0.549. The largest absolute Gasteiger partial charge is 0.352 e. The highest BCUT2D eigenvalue weighted by atomic mass is 32.2. The molecular formula is C26H32FN3O4S. The van der Waals surface area contributed by atoms with Gasteiger partial charge in [0, 0.05) is 28.2 Å². The smallest absolute Gasteiger partial charge is 0.240 e. The van der Waals surface area contributed by atoms with Crippen LogP contribution in [0.5, 0.6) is 0 Å². The summed E-state index contributed by atoms with van der Waals surface area (Å²) in [4.78, 5) is 39.6. The Labute approximate surface area is 207 Å². The number of carbonyl (C=O) groups excluding carboxylic acids is 3. The topological polar surface area (TPSA) is 95.6 Å². The van der Waals surface area contributed by atoms with E-state index < -0.39 is 39.9 Å². The SMILES string of the molecule is Cc1ccc(C)c(N(CC(=O)NC2CCCCC2)C(=O)C[S@](=O)CC(=O)Nc2ccc(F)cc2)c1. The molecule has 0 aromatic heterocycles. The van der Waals surface area contributed by atoms with E-state index in [4.69, 9.17) is 0 Å². The number of amides is 3. The van der Waals surface area contributed by atoms with Crippen molar-refractivity contribution in [1.29, 1.82) is 0 Å². The lowest BCUT2D eigenvalue weighted by molar-refractivity contribution is -0.123. The zero-order valence-electron chi connectivity index (χ0n) is 20.1. The van der Waals surface area contributed by atoms with Gasteiger partial charge in [0.1, 0.15) is 23.9 Å². The van der Waals surface area contributed by atoms with Crippen LogP contribution in [0.3, 0.4) is 0 Å². The van der Waals surface area contributed by atoms with Crippen molar-refractivity contribution in [2.75, 3.05) is 28.3 Å². The Bertz CT molecular complexity index is 1080. The molecule has 3 rings (SSSR count). The van der Waals surface area contributed by atoms with Crippen molar-refractivity contribution in [3.63, 3.8) is 0 Å². The summed E-state index contributed by atoms with van der Waals surface area (Å²) < 4.78 is 25.7. The number of hydrogen-bond donors (Lipinski definition) is 2. The van der Waals surface area contributed by atoms with Gasteiger partial charge in [0.25, 0.3) is 0 Å². The number of rotatable bonds is 9. The first-order valence-electron chi connectivity index (χ1n) is 11.8. The predicted molar refractivity (Wildman–Crippen MR) is 136 cm³/mol. The van der Waals surface area contributed by atoms with E-state index in [-0.39, 0.29) is 18.5 Å². The summed E-state index contributed by atoms with van der Waals surface area (Å²) in [5.41, 5.74) is 2.70. The first-order valence-corrected chi connectivity index (χ1v) is 13.3. The van der Waals surface area contributed by atoms with E-state index in [1.54, 1.807) is 0 Å². The fourth-order valence-electron chi connectivity index (χ4n) is 4.12. The highest BCUT2D eigenvalue weighted by Gasteiger charge is 2.25. The third-order valence-corrected chi connectivity index (χ3v) is 7.09. The number of carbonyl (C=O) groups is 3. The van der Waals surface area contributed by atoms with Crippen LogP contribution in [0.1, 0.15) is 43.2 Å². The van der Waals surface area contributed by atoms with Crippen LogP contribution in [0.2, 0.25) is 0 Å². The van der Waals surface area contributed by atoms with Crippen molar-refractivity contribution >= 4 is 39.9 Å². The van der Waals surface area contributed by atoms with Crippen molar-refractivity contribution < 1.29 is 23.0 Å². The van der Waals surface area contributed by atoms with Crippen molar-refractivity contribution in [3.8, 4) is 0 Å². The van der Waals surface area contributed by atoms with Gasteiger partial charge in [0.15, 0.2) is 0 Å². The lowest BCUT2D eigenvalue weighted by atomic mass is 9.95. The molecule has 2 aromatic carbocycles. The molecule has 188 valence electrons. The highest BCUT2D eigenvalue weighted by molar-refractivity contribution is 7.86. The molecule has 35 heavy (non-hydrogen) atoms. The van der Waals surface area contributed by atoms with Crippen LogP contribution in [-0.4, -0.2) is 46.0 Å². The van der Waals surface area contributed by atoms with Crippen molar-refractivity contribution in [2.45, 2.75) is 52.0 Å². The van der Waals surface area contributed by atoms with Gasteiger partial charge in [-0.1, -0.05) is 31.4 Å². The third-order valence-electron chi connectivity index (χ3n) is 5.93. The summed E-state index contributed by atoms with van der Waals surface area (Å²) in [6.07, 6.45) is 5.17. The molecule has 1 atom stereocenters. The van der Waals surface area contributed by atoms with Crippen LogP contribution in [0.4, 0.5) is 15.8 Å². The summed E-state index contributed by atoms with van der Waals surface area (Å²) in [5.74, 6) is -2.53. The van der Waals surface area contributed by atoms with Crippen LogP contribution >= 0.6 is 0 Å². The lowest BCUT2D eigenvalue weighted by Crippen LogP contribution is -2.46. The molecular weight excluding hydrogens is 469 g/mol. The second-order valence-corrected chi connectivity index (χ2v) is 10.4. The number of benzene rings is 2. The zero-order valence-corrected chi connectivity index (χ0v) is 21.0. The fraction of sp³-hybridized carbons (Fsp3) is 0.423. The molecule has 0 radical (unpaired) electrons. The average Bonchev–Trinajstić information content (AvgIpc) is 2.81. The molecule has 7 nitrogen and oxygen atoms in total. The Morgan fingerprint density at radius 3 is 2.34 bits per heavy atom. The van der Waals surface area contributed by atoms with Gasteiger partial charge in [0.2, 0.25) is 17.7 Å². The molecule has 0 aliphatic heterocycles. The van der Waals surface area contributed by atoms with E-state index in [2.05, 4.69) is 10.6 Å². The zero-order chi connectivity index (χ0) is 25.4. The van der Waals surface area contributed by atoms with Crippen molar-refractivity contribution in [2.24, 2.45) is 0 Å². The molecule has 1 aliphatic rings. The molecule has 1 aliphatic carbocycles. The van der Waals surface area contributed by atoms with E-state index in [0.717, 1.165) is 36.8 Å². The van der Waals surface area contributed by atoms with Crippen LogP contribution in [0, 0.1) is 19.7 Å². The molecule has 1 saturated carbocycles. The second-order valence-electron chi connectivity index (χ2n) is 8.96. The Morgan fingerprint density at radius 1 is 0.971 bits per heavy atom. The molecule has 2 N–H and O–H groups in total. The molecule has 1 fully saturated rings. The first-order chi connectivity index (χ1) is 16.7. The van der Waals surface area contributed by atoms with Crippen LogP contribution in [0.25, 0.3) is 0 Å². The van der Waals surface area contributed by atoms with Gasteiger partial charge in [-0.25, -0.2) is 4.39 Å². The summed E-state index contributed by atoms with van der Waals surface area (Å²) in [7, 11) is -1.79. The number of anilines is 2. The number of aryl methyl sites for hydroxylation is 2. The molecule has 0 unspecified atom stereocenters. The molecule has 0 heterocycles. The number of hydrogen-bond acceptors (Lipinski definition) is 4. The van der Waals surface area contributed by atoms with E-state index in [1.807, 2.05) is 32.0 Å². The molecule has 0 spiro atoms. The van der Waals surface area contributed by atoms with Crippen LogP contribution in [0.15, 0.2) is 42.5 Å². The Hall–Kier alpha value is -3.07. The van der Waals surface area contributed by atoms with Crippen molar-refractivity contribution in [1.82, 2.24) is 5.32 Å². The Kier molecular flexibility index (Phi) is 9.54. The van der Waals surface area contributed by atoms with Crippen LogP contribution in [-0.2, 0) is 25.2 Å². The van der Waals surface area contributed by atoms with E-state index in [9.17, 15) is 23.0 Å². The van der Waals surface area contributed by atoms with Gasteiger partial charge in [-0.3, -0.25) is 18.6 Å². The normalized spacial score (nSPS) is 14.7. The summed E-state index contributed by atoms with van der Waals surface area (Å²) in [5, 5.41) is 5.57. The Balaban J connectivity index is 1.66.